The molecule has 3 heterocycles. The average molecular weight is 427 g/mol. The summed E-state index contributed by atoms with van der Waals surface area (Å²) in [4.78, 5) is 6.91. The fraction of sp³-hybridized carbons (Fsp3) is 0.381. The summed E-state index contributed by atoms with van der Waals surface area (Å²) in [6, 6.07) is 11.2. The van der Waals surface area contributed by atoms with E-state index in [9.17, 15) is 8.42 Å². The summed E-state index contributed by atoms with van der Waals surface area (Å²) in [5.74, 6) is 0.336. The smallest absolute Gasteiger partial charge is 0.238 e. The molecule has 30 heavy (non-hydrogen) atoms. The largest absolute Gasteiger partial charge is 0.297 e. The van der Waals surface area contributed by atoms with Crippen molar-refractivity contribution in [2.24, 2.45) is 5.14 Å². The minimum Gasteiger partial charge on any atom is -0.297 e. The Kier molecular flexibility index (Phi) is 5.94. The van der Waals surface area contributed by atoms with E-state index in [1.165, 1.54) is 0 Å². The Morgan fingerprint density at radius 1 is 1.07 bits per heavy atom. The van der Waals surface area contributed by atoms with Gasteiger partial charge in [0.2, 0.25) is 10.0 Å². The van der Waals surface area contributed by atoms with Crippen LogP contribution in [-0.2, 0) is 23.1 Å². The van der Waals surface area contributed by atoms with Gasteiger partial charge in [0.05, 0.1) is 29.0 Å². The first-order valence-electron chi connectivity index (χ1n) is 10.0. The Balaban J connectivity index is 1.36. The van der Waals surface area contributed by atoms with Gasteiger partial charge in [-0.3, -0.25) is 9.88 Å². The quantitative estimate of drug-likeness (QED) is 0.646. The maximum atomic E-state index is 11.8. The molecule has 2 N–H and O–H groups in total. The number of piperidine rings is 1. The first-order valence-corrected chi connectivity index (χ1v) is 11.6. The molecule has 0 atom stereocenters. The van der Waals surface area contributed by atoms with Gasteiger partial charge < -0.3 is 0 Å². The SMILES string of the molecule is Cc1c(C2CCN(Cc3cn(Cc4ccccn4)nn3)CC2)cccc1S(N)(=O)=O. The lowest BCUT2D eigenvalue weighted by Gasteiger charge is -2.32. The second kappa shape index (κ2) is 8.63. The summed E-state index contributed by atoms with van der Waals surface area (Å²) in [6.45, 7) is 5.07. The molecule has 2 aromatic heterocycles. The van der Waals surface area contributed by atoms with Crippen molar-refractivity contribution >= 4 is 10.0 Å². The Bertz CT molecular complexity index is 1110. The third-order valence-corrected chi connectivity index (χ3v) is 6.74. The number of nitrogens with zero attached hydrogens (tertiary/aromatic N) is 5. The zero-order valence-corrected chi connectivity index (χ0v) is 17.8. The molecule has 0 unspecified atom stereocenters. The Hall–Kier alpha value is -2.62. The molecule has 1 aliphatic heterocycles. The molecule has 0 saturated carbocycles. The van der Waals surface area contributed by atoms with Crippen LogP contribution in [0.25, 0.3) is 0 Å². The average Bonchev–Trinajstić information content (AvgIpc) is 3.15. The van der Waals surface area contributed by atoms with Gasteiger partial charge in [-0.15, -0.1) is 5.10 Å². The van der Waals surface area contributed by atoms with Crippen molar-refractivity contribution in [2.75, 3.05) is 13.1 Å². The third kappa shape index (κ3) is 4.75. The number of hydrogen-bond acceptors (Lipinski definition) is 6. The number of rotatable bonds is 6. The zero-order chi connectivity index (χ0) is 21.1. The summed E-state index contributed by atoms with van der Waals surface area (Å²) < 4.78 is 25.4. The van der Waals surface area contributed by atoms with Crippen LogP contribution in [0.5, 0.6) is 0 Å². The second-order valence-electron chi connectivity index (χ2n) is 7.79. The Labute approximate surface area is 176 Å². The highest BCUT2D eigenvalue weighted by molar-refractivity contribution is 7.89. The Morgan fingerprint density at radius 2 is 1.87 bits per heavy atom. The topological polar surface area (TPSA) is 107 Å². The fourth-order valence-electron chi connectivity index (χ4n) is 4.16. The van der Waals surface area contributed by atoms with Crippen LogP contribution in [0.4, 0.5) is 0 Å². The van der Waals surface area contributed by atoms with Crippen LogP contribution in [0.15, 0.2) is 53.7 Å². The van der Waals surface area contributed by atoms with Crippen LogP contribution in [0.2, 0.25) is 0 Å². The van der Waals surface area contributed by atoms with Gasteiger partial charge >= 0.3 is 0 Å². The minimum absolute atomic E-state index is 0.229. The van der Waals surface area contributed by atoms with Crippen molar-refractivity contribution in [3.63, 3.8) is 0 Å². The molecule has 0 bridgehead atoms. The highest BCUT2D eigenvalue weighted by Gasteiger charge is 2.24. The molecule has 0 aliphatic carbocycles. The van der Waals surface area contributed by atoms with Crippen LogP contribution in [0.1, 0.15) is 41.3 Å². The summed E-state index contributed by atoms with van der Waals surface area (Å²) in [6.07, 6.45) is 5.69. The van der Waals surface area contributed by atoms with Crippen molar-refractivity contribution < 1.29 is 8.42 Å². The first-order chi connectivity index (χ1) is 14.4. The minimum atomic E-state index is -3.70. The molecule has 3 aromatic rings. The highest BCUT2D eigenvalue weighted by atomic mass is 32.2. The first kappa shape index (κ1) is 20.6. The molecular formula is C21H26N6O2S. The maximum Gasteiger partial charge on any atom is 0.238 e. The standard InChI is InChI=1S/C21H26N6O2S/c1-16-20(6-4-7-21(16)30(22,28)29)17-8-11-26(12-9-17)13-19-15-27(25-24-19)14-18-5-2-3-10-23-18/h2-7,10,15,17H,8-9,11-14H2,1H3,(H2,22,28,29). The monoisotopic (exact) mass is 426 g/mol. The van der Waals surface area contributed by atoms with E-state index in [1.807, 2.05) is 42.1 Å². The van der Waals surface area contributed by atoms with Crippen molar-refractivity contribution in [2.45, 2.75) is 43.7 Å². The molecule has 1 saturated heterocycles. The molecule has 1 fully saturated rings. The lowest BCUT2D eigenvalue weighted by Crippen LogP contribution is -2.33. The van der Waals surface area contributed by atoms with E-state index >= 15 is 0 Å². The van der Waals surface area contributed by atoms with Crippen LogP contribution in [-0.4, -0.2) is 46.4 Å². The zero-order valence-electron chi connectivity index (χ0n) is 17.0. The van der Waals surface area contributed by atoms with E-state index in [0.29, 0.717) is 12.5 Å². The van der Waals surface area contributed by atoms with Crippen molar-refractivity contribution in [1.82, 2.24) is 24.9 Å². The number of benzene rings is 1. The van der Waals surface area contributed by atoms with Crippen LogP contribution < -0.4 is 5.14 Å². The van der Waals surface area contributed by atoms with Crippen molar-refractivity contribution in [3.8, 4) is 0 Å². The number of hydrogen-bond donors (Lipinski definition) is 1. The summed E-state index contributed by atoms with van der Waals surface area (Å²) >= 11 is 0. The Morgan fingerprint density at radius 3 is 2.57 bits per heavy atom. The molecule has 1 aliphatic rings. The number of primary sulfonamides is 1. The van der Waals surface area contributed by atoms with Gasteiger partial charge in [-0.05, 0) is 68.1 Å². The number of pyridine rings is 1. The van der Waals surface area contributed by atoms with Gasteiger partial charge in [0.15, 0.2) is 0 Å². The number of likely N-dealkylation sites (tertiary alicyclic amines) is 1. The number of aromatic nitrogens is 4. The fourth-order valence-corrected chi connectivity index (χ4v) is 4.97. The van der Waals surface area contributed by atoms with E-state index < -0.39 is 10.0 Å². The van der Waals surface area contributed by atoms with Gasteiger partial charge in [-0.25, -0.2) is 18.2 Å². The maximum absolute atomic E-state index is 11.8. The van der Waals surface area contributed by atoms with Gasteiger partial charge in [-0.2, -0.15) is 0 Å². The second-order valence-corrected chi connectivity index (χ2v) is 9.32. The molecule has 0 radical (unpaired) electrons. The van der Waals surface area contributed by atoms with E-state index in [-0.39, 0.29) is 4.90 Å². The van der Waals surface area contributed by atoms with Crippen LogP contribution >= 0.6 is 0 Å². The van der Waals surface area contributed by atoms with Crippen LogP contribution in [0, 0.1) is 6.92 Å². The molecule has 9 heteroatoms. The van der Waals surface area contributed by atoms with Crippen molar-refractivity contribution in [3.05, 3.63) is 71.3 Å². The molecule has 8 nitrogen and oxygen atoms in total. The summed E-state index contributed by atoms with van der Waals surface area (Å²) in [5, 5.41) is 13.9. The predicted octanol–water partition coefficient (Wildman–Crippen LogP) is 2.06. The van der Waals surface area contributed by atoms with Gasteiger partial charge in [0.25, 0.3) is 0 Å². The predicted molar refractivity (Wildman–Crippen MR) is 113 cm³/mol. The molecule has 0 spiro atoms. The van der Waals surface area contributed by atoms with Crippen LogP contribution in [0.3, 0.4) is 0 Å². The van der Waals surface area contributed by atoms with E-state index in [1.54, 1.807) is 18.3 Å². The van der Waals surface area contributed by atoms with Crippen molar-refractivity contribution in [1.29, 1.82) is 0 Å². The molecule has 158 valence electrons. The number of nitrogens with two attached hydrogens (primary N) is 1. The molecule has 4 rings (SSSR count). The van der Waals surface area contributed by atoms with Gasteiger partial charge in [0.1, 0.15) is 0 Å². The van der Waals surface area contributed by atoms with E-state index in [2.05, 4.69) is 20.2 Å². The lowest BCUT2D eigenvalue weighted by atomic mass is 9.87. The molecular weight excluding hydrogens is 400 g/mol. The summed E-state index contributed by atoms with van der Waals surface area (Å²) in [5.41, 5.74) is 3.75. The van der Waals surface area contributed by atoms with Gasteiger partial charge in [-0.1, -0.05) is 23.4 Å². The van der Waals surface area contributed by atoms with E-state index in [4.69, 9.17) is 5.14 Å². The van der Waals surface area contributed by atoms with E-state index in [0.717, 1.165) is 55.0 Å². The lowest BCUT2D eigenvalue weighted by molar-refractivity contribution is 0.202. The van der Waals surface area contributed by atoms with Gasteiger partial charge in [0, 0.05) is 12.7 Å². The molecule has 1 aromatic carbocycles. The normalized spacial score (nSPS) is 16.1. The highest BCUT2D eigenvalue weighted by Crippen LogP contribution is 2.32. The number of sulfonamides is 1. The summed E-state index contributed by atoms with van der Waals surface area (Å²) in [7, 11) is -3.70. The molecule has 0 amide bonds. The third-order valence-electron chi connectivity index (χ3n) is 5.68.